The zero-order chi connectivity index (χ0) is 24.1. The quantitative estimate of drug-likeness (QED) is 0.488. The molecule has 2 amide bonds. The fourth-order valence-electron chi connectivity index (χ4n) is 4.17. The number of amides is 2. The van der Waals surface area contributed by atoms with Crippen molar-refractivity contribution in [3.8, 4) is 0 Å². The molecule has 0 radical (unpaired) electrons. The maximum absolute atomic E-state index is 12.5. The van der Waals surface area contributed by atoms with E-state index in [1.165, 1.54) is 12.6 Å². The van der Waals surface area contributed by atoms with Crippen molar-refractivity contribution in [1.29, 1.82) is 0 Å². The van der Waals surface area contributed by atoms with Crippen LogP contribution in [-0.4, -0.2) is 88.6 Å². The molecule has 13 heteroatoms. The molecule has 2 aromatic rings. The first-order valence-electron chi connectivity index (χ1n) is 11.2. The lowest BCUT2D eigenvalue weighted by Crippen LogP contribution is -2.49. The first kappa shape index (κ1) is 23.3. The van der Waals surface area contributed by atoms with Crippen LogP contribution >= 0.6 is 0 Å². The molecule has 2 fully saturated rings. The Hall–Kier alpha value is -3.90. The molecule has 0 spiro atoms. The molecule has 2 saturated heterocycles. The van der Waals surface area contributed by atoms with Crippen LogP contribution in [0, 0.1) is 10.1 Å². The number of hydrogen-bond acceptors (Lipinski definition) is 10. The van der Waals surface area contributed by atoms with Crippen LogP contribution in [0.4, 0.5) is 22.1 Å². The van der Waals surface area contributed by atoms with Gasteiger partial charge in [0.25, 0.3) is 5.91 Å². The van der Waals surface area contributed by atoms with Gasteiger partial charge in [-0.2, -0.15) is 0 Å². The average molecular weight is 473 g/mol. The van der Waals surface area contributed by atoms with E-state index in [2.05, 4.69) is 15.3 Å². The normalized spacial score (nSPS) is 16.9. The van der Waals surface area contributed by atoms with Crippen LogP contribution in [0.3, 0.4) is 0 Å². The maximum Gasteiger partial charge on any atom is 0.409 e. The molecular formula is C21H27N7O6. The second-order valence-electron chi connectivity index (χ2n) is 8.01. The molecular weight excluding hydrogens is 446 g/mol. The summed E-state index contributed by atoms with van der Waals surface area (Å²) in [5.41, 5.74) is -0.193. The number of ether oxygens (including phenoxy) is 1. The molecule has 0 unspecified atom stereocenters. The van der Waals surface area contributed by atoms with Gasteiger partial charge in [-0.3, -0.25) is 14.9 Å². The number of hydrogen-bond donors (Lipinski definition) is 1. The Labute approximate surface area is 195 Å². The molecule has 4 rings (SSSR count). The number of carbonyl (C=O) groups is 2. The highest BCUT2D eigenvalue weighted by molar-refractivity contribution is 5.91. The van der Waals surface area contributed by atoms with Crippen LogP contribution in [0.2, 0.25) is 0 Å². The molecule has 4 heterocycles. The summed E-state index contributed by atoms with van der Waals surface area (Å²) in [5.74, 6) is 0.426. The summed E-state index contributed by atoms with van der Waals surface area (Å²) >= 11 is 0. The minimum absolute atomic E-state index is 0.0742. The number of piperidine rings is 1. The Morgan fingerprint density at radius 2 is 1.91 bits per heavy atom. The second-order valence-corrected chi connectivity index (χ2v) is 8.01. The van der Waals surface area contributed by atoms with Crippen molar-refractivity contribution in [2.24, 2.45) is 0 Å². The second kappa shape index (κ2) is 10.4. The summed E-state index contributed by atoms with van der Waals surface area (Å²) in [4.78, 5) is 49.3. The van der Waals surface area contributed by atoms with E-state index >= 15 is 0 Å². The number of piperazine rings is 1. The van der Waals surface area contributed by atoms with Gasteiger partial charge in [0.2, 0.25) is 11.6 Å². The predicted molar refractivity (Wildman–Crippen MR) is 121 cm³/mol. The third-order valence-corrected chi connectivity index (χ3v) is 5.95. The Kier molecular flexibility index (Phi) is 7.09. The molecule has 182 valence electrons. The summed E-state index contributed by atoms with van der Waals surface area (Å²) in [6, 6.07) is 3.19. The lowest BCUT2D eigenvalue weighted by atomic mass is 10.1. The fraction of sp³-hybridized carbons (Fsp3) is 0.524. The number of anilines is 2. The average Bonchev–Trinajstić information content (AvgIpc) is 3.39. The summed E-state index contributed by atoms with van der Waals surface area (Å²) in [6.07, 6.45) is 3.63. The van der Waals surface area contributed by atoms with E-state index in [1.807, 2.05) is 0 Å². The van der Waals surface area contributed by atoms with Gasteiger partial charge in [0.15, 0.2) is 5.76 Å². The monoisotopic (exact) mass is 473 g/mol. The summed E-state index contributed by atoms with van der Waals surface area (Å²) < 4.78 is 10.2. The number of furan rings is 1. The van der Waals surface area contributed by atoms with E-state index < -0.39 is 4.92 Å². The molecule has 2 aliphatic rings. The molecule has 0 atom stereocenters. The number of nitrogens with one attached hydrogen (secondary N) is 1. The fourth-order valence-corrected chi connectivity index (χ4v) is 4.17. The van der Waals surface area contributed by atoms with Gasteiger partial charge in [-0.1, -0.05) is 0 Å². The van der Waals surface area contributed by atoms with Crippen molar-refractivity contribution >= 4 is 29.3 Å². The van der Waals surface area contributed by atoms with Gasteiger partial charge < -0.3 is 29.2 Å². The van der Waals surface area contributed by atoms with Gasteiger partial charge in [-0.05, 0) is 31.9 Å². The first-order valence-corrected chi connectivity index (χ1v) is 11.2. The minimum Gasteiger partial charge on any atom is -0.459 e. The summed E-state index contributed by atoms with van der Waals surface area (Å²) in [5, 5.41) is 15.2. The summed E-state index contributed by atoms with van der Waals surface area (Å²) in [7, 11) is 0. The highest BCUT2D eigenvalue weighted by atomic mass is 16.6. The summed E-state index contributed by atoms with van der Waals surface area (Å²) in [6.45, 7) is 4.61. The van der Waals surface area contributed by atoms with E-state index in [-0.39, 0.29) is 41.1 Å². The zero-order valence-electron chi connectivity index (χ0n) is 18.9. The zero-order valence-corrected chi connectivity index (χ0v) is 18.9. The minimum atomic E-state index is -0.480. The molecule has 13 nitrogen and oxygen atoms in total. The molecule has 34 heavy (non-hydrogen) atoms. The van der Waals surface area contributed by atoms with Gasteiger partial charge in [0, 0.05) is 45.3 Å². The lowest BCUT2D eigenvalue weighted by Gasteiger charge is -2.35. The number of nitrogens with zero attached hydrogens (tertiary/aromatic N) is 6. The van der Waals surface area contributed by atoms with Gasteiger partial charge in [0.05, 0.1) is 17.8 Å². The smallest absolute Gasteiger partial charge is 0.409 e. The van der Waals surface area contributed by atoms with Crippen molar-refractivity contribution in [3.05, 3.63) is 40.6 Å². The van der Waals surface area contributed by atoms with E-state index in [1.54, 1.807) is 33.8 Å². The van der Waals surface area contributed by atoms with Crippen molar-refractivity contribution in [3.63, 3.8) is 0 Å². The third kappa shape index (κ3) is 5.02. The largest absolute Gasteiger partial charge is 0.459 e. The number of aromatic nitrogens is 2. The Morgan fingerprint density at radius 1 is 1.18 bits per heavy atom. The number of nitro groups is 1. The standard InChI is InChI=1S/C21H27N7O6/c1-2-33-21(30)27-7-5-15(6-8-27)24-18-17(28(31)32)19(23-14-22-18)25-9-11-26(12-10-25)20(29)16-4-3-13-34-16/h3-4,13-15H,2,5-12H2,1H3,(H,22,23,24). The Morgan fingerprint density at radius 3 is 2.53 bits per heavy atom. The van der Waals surface area contributed by atoms with Crippen LogP contribution in [0.15, 0.2) is 29.1 Å². The van der Waals surface area contributed by atoms with Crippen molar-refractivity contribution < 1.29 is 23.7 Å². The van der Waals surface area contributed by atoms with Gasteiger partial charge in [0.1, 0.15) is 6.33 Å². The molecule has 0 bridgehead atoms. The van der Waals surface area contributed by atoms with Crippen molar-refractivity contribution in [2.75, 3.05) is 56.1 Å². The topological polar surface area (TPSA) is 147 Å². The lowest BCUT2D eigenvalue weighted by molar-refractivity contribution is -0.383. The molecule has 0 saturated carbocycles. The van der Waals surface area contributed by atoms with Crippen LogP contribution < -0.4 is 10.2 Å². The van der Waals surface area contributed by atoms with E-state index in [0.717, 1.165) is 0 Å². The van der Waals surface area contributed by atoms with Gasteiger partial charge >= 0.3 is 11.8 Å². The third-order valence-electron chi connectivity index (χ3n) is 5.95. The van der Waals surface area contributed by atoms with Crippen LogP contribution in [0.25, 0.3) is 0 Å². The highest BCUT2D eigenvalue weighted by Crippen LogP contribution is 2.33. The number of rotatable bonds is 6. The van der Waals surface area contributed by atoms with Crippen molar-refractivity contribution in [2.45, 2.75) is 25.8 Å². The molecule has 1 N–H and O–H groups in total. The Bertz CT molecular complexity index is 1010. The molecule has 0 aromatic carbocycles. The molecule has 0 aliphatic carbocycles. The Balaban J connectivity index is 1.41. The number of carbonyl (C=O) groups excluding carboxylic acids is 2. The van der Waals surface area contributed by atoms with Crippen LogP contribution in [0.5, 0.6) is 0 Å². The van der Waals surface area contributed by atoms with Crippen LogP contribution in [0.1, 0.15) is 30.3 Å². The maximum atomic E-state index is 12.5. The molecule has 2 aromatic heterocycles. The van der Waals surface area contributed by atoms with E-state index in [0.29, 0.717) is 58.7 Å². The number of likely N-dealkylation sites (tertiary alicyclic amines) is 1. The highest BCUT2D eigenvalue weighted by Gasteiger charge is 2.32. The van der Waals surface area contributed by atoms with Crippen molar-refractivity contribution in [1.82, 2.24) is 19.8 Å². The SMILES string of the molecule is CCOC(=O)N1CCC(Nc2ncnc(N3CCN(C(=O)c4ccco4)CC3)c2[N+](=O)[O-])CC1. The first-order chi connectivity index (χ1) is 16.5. The van der Waals surface area contributed by atoms with Gasteiger partial charge in [-0.15, -0.1) is 0 Å². The van der Waals surface area contributed by atoms with E-state index in [9.17, 15) is 19.7 Å². The van der Waals surface area contributed by atoms with Gasteiger partial charge in [-0.25, -0.2) is 14.8 Å². The predicted octanol–water partition coefficient (Wildman–Crippen LogP) is 1.97. The van der Waals surface area contributed by atoms with E-state index in [4.69, 9.17) is 9.15 Å². The van der Waals surface area contributed by atoms with Crippen LogP contribution in [-0.2, 0) is 4.74 Å². The molecule has 2 aliphatic heterocycles.